The Morgan fingerprint density at radius 3 is 2.16 bits per heavy atom. The van der Waals surface area contributed by atoms with E-state index in [9.17, 15) is 9.59 Å². The Hall–Kier alpha value is -1.10. The zero-order valence-corrected chi connectivity index (χ0v) is 15.8. The molecule has 0 aromatic heterocycles. The summed E-state index contributed by atoms with van der Waals surface area (Å²) in [5, 5.41) is 8.95. The van der Waals surface area contributed by atoms with Gasteiger partial charge in [0.15, 0.2) is 0 Å². The van der Waals surface area contributed by atoms with Crippen molar-refractivity contribution >= 4 is 11.9 Å². The van der Waals surface area contributed by atoms with Gasteiger partial charge >= 0.3 is 11.9 Å². The molecule has 0 amide bonds. The fraction of sp³-hybridized carbons (Fsp3) is 0.900. The summed E-state index contributed by atoms with van der Waals surface area (Å²) in [6, 6.07) is 0. The van der Waals surface area contributed by atoms with E-state index in [1.807, 2.05) is 0 Å². The van der Waals surface area contributed by atoms with Crippen LogP contribution in [0.5, 0.6) is 0 Å². The minimum Gasteiger partial charge on any atom is -0.458 e. The van der Waals surface area contributed by atoms with Crippen molar-refractivity contribution in [3.05, 3.63) is 0 Å². The minimum absolute atomic E-state index is 0.0788. The molecule has 0 spiro atoms. The molecule has 1 aliphatic heterocycles. The van der Waals surface area contributed by atoms with Gasteiger partial charge in [-0.15, -0.1) is 0 Å². The van der Waals surface area contributed by atoms with Gasteiger partial charge in [0.05, 0.1) is 6.42 Å². The second kappa shape index (κ2) is 14.1. The molecule has 5 heteroatoms. The summed E-state index contributed by atoms with van der Waals surface area (Å²) in [7, 11) is 0. The van der Waals surface area contributed by atoms with E-state index in [1.54, 1.807) is 0 Å². The average Bonchev–Trinajstić information content (AvgIpc) is 2.92. The van der Waals surface area contributed by atoms with E-state index in [-0.39, 0.29) is 25.0 Å². The lowest BCUT2D eigenvalue weighted by Crippen LogP contribution is -2.28. The molecule has 1 N–H and O–H groups in total. The lowest BCUT2D eigenvalue weighted by Gasteiger charge is -2.17. The van der Waals surface area contributed by atoms with Crippen LogP contribution < -0.4 is 0 Å². The number of aliphatic hydroxyl groups is 1. The van der Waals surface area contributed by atoms with Gasteiger partial charge in [0, 0.05) is 19.4 Å². The summed E-state index contributed by atoms with van der Waals surface area (Å²) in [5.74, 6) is -0.617. The average molecular weight is 357 g/mol. The van der Waals surface area contributed by atoms with E-state index < -0.39 is 12.2 Å². The van der Waals surface area contributed by atoms with Gasteiger partial charge < -0.3 is 14.6 Å². The maximum absolute atomic E-state index is 11.9. The Morgan fingerprint density at radius 1 is 1.04 bits per heavy atom. The van der Waals surface area contributed by atoms with E-state index in [0.717, 1.165) is 12.8 Å². The van der Waals surface area contributed by atoms with E-state index in [1.165, 1.54) is 57.8 Å². The maximum atomic E-state index is 11.9. The first-order chi connectivity index (χ1) is 12.2. The highest BCUT2D eigenvalue weighted by atomic mass is 16.6. The molecule has 5 nitrogen and oxygen atoms in total. The van der Waals surface area contributed by atoms with Crippen LogP contribution in [0.4, 0.5) is 0 Å². The molecule has 1 saturated heterocycles. The lowest BCUT2D eigenvalue weighted by molar-refractivity contribution is -0.153. The first-order valence-electron chi connectivity index (χ1n) is 10.2. The second-order valence-electron chi connectivity index (χ2n) is 7.06. The zero-order chi connectivity index (χ0) is 18.3. The Bertz CT molecular complexity index is 369. The molecule has 25 heavy (non-hydrogen) atoms. The van der Waals surface area contributed by atoms with Crippen LogP contribution in [0.25, 0.3) is 0 Å². The molecule has 2 atom stereocenters. The number of esters is 2. The molecule has 146 valence electrons. The van der Waals surface area contributed by atoms with E-state index in [0.29, 0.717) is 12.8 Å². The molecule has 0 radical (unpaired) electrons. The van der Waals surface area contributed by atoms with Gasteiger partial charge in [0.2, 0.25) is 0 Å². The minimum atomic E-state index is -0.528. The standard InChI is InChI=1S/C20H36O5/c1-2-3-4-5-6-7-8-9-10-11-12-13-19(22)25-18-16-20(23)24-17(18)14-15-21/h17-18,21H,2-16H2,1H3/t17-,18+/m0/s1. The van der Waals surface area contributed by atoms with Crippen molar-refractivity contribution in [3.63, 3.8) is 0 Å². The number of ether oxygens (including phenoxy) is 2. The Labute approximate surface area is 152 Å². The van der Waals surface area contributed by atoms with Crippen LogP contribution in [0.1, 0.15) is 96.8 Å². The number of rotatable bonds is 15. The third-order valence-electron chi connectivity index (χ3n) is 4.75. The number of carbonyl (C=O) groups excluding carboxylic acids is 2. The van der Waals surface area contributed by atoms with Crippen LogP contribution in [0.2, 0.25) is 0 Å². The molecule has 0 aromatic carbocycles. The van der Waals surface area contributed by atoms with Crippen molar-refractivity contribution in [3.8, 4) is 0 Å². The molecular weight excluding hydrogens is 320 g/mol. The molecule has 1 fully saturated rings. The lowest BCUT2D eigenvalue weighted by atomic mass is 10.1. The molecular formula is C20H36O5. The normalized spacial score (nSPS) is 19.8. The largest absolute Gasteiger partial charge is 0.458 e. The molecule has 0 saturated carbocycles. The van der Waals surface area contributed by atoms with Crippen LogP contribution in [-0.2, 0) is 19.1 Å². The quantitative estimate of drug-likeness (QED) is 0.350. The summed E-state index contributed by atoms with van der Waals surface area (Å²) in [5.41, 5.74) is 0. The van der Waals surface area contributed by atoms with E-state index in [4.69, 9.17) is 14.6 Å². The first kappa shape index (κ1) is 21.9. The van der Waals surface area contributed by atoms with Gasteiger partial charge in [-0.25, -0.2) is 0 Å². The number of cyclic esters (lactones) is 1. The highest BCUT2D eigenvalue weighted by molar-refractivity contribution is 5.74. The summed E-state index contributed by atoms with van der Waals surface area (Å²) in [6.07, 6.45) is 13.5. The molecule has 0 unspecified atom stereocenters. The fourth-order valence-corrected chi connectivity index (χ4v) is 3.24. The number of aliphatic hydroxyl groups excluding tert-OH is 1. The Morgan fingerprint density at radius 2 is 1.60 bits per heavy atom. The van der Waals surface area contributed by atoms with Crippen LogP contribution in [0.15, 0.2) is 0 Å². The molecule has 1 aliphatic rings. The van der Waals surface area contributed by atoms with Gasteiger partial charge in [0.1, 0.15) is 12.2 Å². The van der Waals surface area contributed by atoms with Crippen LogP contribution in [0, 0.1) is 0 Å². The van der Waals surface area contributed by atoms with Crippen LogP contribution in [-0.4, -0.2) is 35.9 Å². The van der Waals surface area contributed by atoms with Gasteiger partial charge in [-0.1, -0.05) is 71.1 Å². The van der Waals surface area contributed by atoms with E-state index in [2.05, 4.69) is 6.92 Å². The van der Waals surface area contributed by atoms with Crippen molar-refractivity contribution in [1.29, 1.82) is 0 Å². The molecule has 0 aromatic rings. The van der Waals surface area contributed by atoms with Gasteiger partial charge in [-0.2, -0.15) is 0 Å². The van der Waals surface area contributed by atoms with Crippen molar-refractivity contribution in [2.75, 3.05) is 6.61 Å². The number of unbranched alkanes of at least 4 members (excludes halogenated alkanes) is 10. The Balaban J connectivity index is 1.96. The topological polar surface area (TPSA) is 72.8 Å². The van der Waals surface area contributed by atoms with Crippen LogP contribution in [0.3, 0.4) is 0 Å². The third kappa shape index (κ3) is 10.5. The third-order valence-corrected chi connectivity index (χ3v) is 4.75. The number of carbonyl (C=O) groups is 2. The van der Waals surface area contributed by atoms with Gasteiger partial charge in [-0.05, 0) is 6.42 Å². The zero-order valence-electron chi connectivity index (χ0n) is 15.8. The Kier molecular flexibility index (Phi) is 12.4. The van der Waals surface area contributed by atoms with Gasteiger partial charge in [0.25, 0.3) is 0 Å². The summed E-state index contributed by atoms with van der Waals surface area (Å²) >= 11 is 0. The summed E-state index contributed by atoms with van der Waals surface area (Å²) in [6.45, 7) is 2.16. The van der Waals surface area contributed by atoms with Crippen molar-refractivity contribution < 1.29 is 24.2 Å². The first-order valence-corrected chi connectivity index (χ1v) is 10.2. The predicted octanol–water partition coefficient (Wildman–Crippen LogP) is 4.30. The molecule has 0 aliphatic carbocycles. The fourth-order valence-electron chi connectivity index (χ4n) is 3.24. The van der Waals surface area contributed by atoms with Crippen molar-refractivity contribution in [2.45, 2.75) is 109 Å². The van der Waals surface area contributed by atoms with Crippen molar-refractivity contribution in [2.24, 2.45) is 0 Å². The summed E-state index contributed by atoms with van der Waals surface area (Å²) < 4.78 is 10.4. The molecule has 1 rings (SSSR count). The smallest absolute Gasteiger partial charge is 0.310 e. The number of hydrogen-bond acceptors (Lipinski definition) is 5. The van der Waals surface area contributed by atoms with Gasteiger partial charge in [-0.3, -0.25) is 9.59 Å². The molecule has 1 heterocycles. The second-order valence-corrected chi connectivity index (χ2v) is 7.06. The van der Waals surface area contributed by atoms with Crippen LogP contribution >= 0.6 is 0 Å². The highest BCUT2D eigenvalue weighted by Crippen LogP contribution is 2.22. The monoisotopic (exact) mass is 356 g/mol. The number of hydrogen-bond donors (Lipinski definition) is 1. The highest BCUT2D eigenvalue weighted by Gasteiger charge is 2.37. The summed E-state index contributed by atoms with van der Waals surface area (Å²) in [4.78, 5) is 23.1. The molecule has 0 bridgehead atoms. The SMILES string of the molecule is CCCCCCCCCCCCCC(=O)O[C@@H]1CC(=O)O[C@H]1CCO. The van der Waals surface area contributed by atoms with Crippen molar-refractivity contribution in [1.82, 2.24) is 0 Å². The van der Waals surface area contributed by atoms with E-state index >= 15 is 0 Å². The maximum Gasteiger partial charge on any atom is 0.310 e. The predicted molar refractivity (Wildman–Crippen MR) is 97.2 cm³/mol.